The zero-order chi connectivity index (χ0) is 21.6. The van der Waals surface area contributed by atoms with Crippen molar-refractivity contribution in [1.82, 2.24) is 5.43 Å². The molecule has 1 N–H and O–H groups in total. The van der Waals surface area contributed by atoms with Crippen LogP contribution >= 0.6 is 0 Å². The summed E-state index contributed by atoms with van der Waals surface area (Å²) in [6.07, 6.45) is 1.65. The lowest BCUT2D eigenvalue weighted by Gasteiger charge is -2.07. The number of nitrogens with one attached hydrogen (secondary N) is 1. The Morgan fingerprint density at radius 2 is 1.63 bits per heavy atom. The minimum atomic E-state index is -4.06. The maximum atomic E-state index is 12.9. The molecule has 30 heavy (non-hydrogen) atoms. The standard InChI is InChI=1S/C22H19FN2O4S/c1-16-2-4-17(5-3-16)14-22(26)25-24-15-18-6-10-20(11-7-18)29-30(27,28)21-12-8-19(23)9-13-21/h2-13,15H,14H2,1H3,(H,25,26)/b24-15-. The zero-order valence-electron chi connectivity index (χ0n) is 16.1. The molecular weight excluding hydrogens is 407 g/mol. The Morgan fingerprint density at radius 1 is 1.00 bits per heavy atom. The molecule has 0 aliphatic heterocycles. The van der Waals surface area contributed by atoms with Crippen molar-refractivity contribution in [1.29, 1.82) is 0 Å². The van der Waals surface area contributed by atoms with Crippen molar-refractivity contribution in [2.45, 2.75) is 18.2 Å². The fourth-order valence-electron chi connectivity index (χ4n) is 2.50. The summed E-state index contributed by atoms with van der Waals surface area (Å²) >= 11 is 0. The van der Waals surface area contributed by atoms with Gasteiger partial charge in [0, 0.05) is 0 Å². The van der Waals surface area contributed by atoms with E-state index in [2.05, 4.69) is 10.5 Å². The number of benzene rings is 3. The number of hydrogen-bond acceptors (Lipinski definition) is 5. The molecule has 0 radical (unpaired) electrons. The molecule has 0 atom stereocenters. The van der Waals surface area contributed by atoms with Gasteiger partial charge in [0.05, 0.1) is 12.6 Å². The molecule has 6 nitrogen and oxygen atoms in total. The van der Waals surface area contributed by atoms with Gasteiger partial charge in [0.15, 0.2) is 0 Å². The molecule has 0 saturated heterocycles. The van der Waals surface area contributed by atoms with Crippen molar-refractivity contribution in [3.05, 3.63) is 95.3 Å². The van der Waals surface area contributed by atoms with Gasteiger partial charge in [0.2, 0.25) is 5.91 Å². The summed E-state index contributed by atoms with van der Waals surface area (Å²) in [6, 6.07) is 18.1. The number of hydrazone groups is 1. The van der Waals surface area contributed by atoms with E-state index >= 15 is 0 Å². The summed E-state index contributed by atoms with van der Waals surface area (Å²) in [5.74, 6) is -0.691. The molecule has 0 aliphatic carbocycles. The number of rotatable bonds is 7. The molecule has 1 amide bonds. The first-order valence-electron chi connectivity index (χ1n) is 8.99. The van der Waals surface area contributed by atoms with Crippen LogP contribution < -0.4 is 9.61 Å². The second-order valence-electron chi connectivity index (χ2n) is 6.52. The Bertz CT molecular complexity index is 1140. The topological polar surface area (TPSA) is 84.8 Å². The van der Waals surface area contributed by atoms with Crippen LogP contribution in [0.15, 0.2) is 82.8 Å². The van der Waals surface area contributed by atoms with Crippen LogP contribution in [0.25, 0.3) is 0 Å². The van der Waals surface area contributed by atoms with Gasteiger partial charge in [-0.25, -0.2) is 9.82 Å². The second kappa shape index (κ2) is 9.32. The van der Waals surface area contributed by atoms with E-state index in [4.69, 9.17) is 4.18 Å². The van der Waals surface area contributed by atoms with E-state index in [0.717, 1.165) is 35.4 Å². The number of halogens is 1. The molecule has 3 aromatic rings. The van der Waals surface area contributed by atoms with Crippen molar-refractivity contribution in [3.63, 3.8) is 0 Å². The minimum Gasteiger partial charge on any atom is -0.379 e. The molecule has 0 spiro atoms. The second-order valence-corrected chi connectivity index (χ2v) is 8.06. The first-order valence-corrected chi connectivity index (χ1v) is 10.4. The molecule has 3 aromatic carbocycles. The van der Waals surface area contributed by atoms with Crippen molar-refractivity contribution >= 4 is 22.2 Å². The number of nitrogens with zero attached hydrogens (tertiary/aromatic N) is 1. The lowest BCUT2D eigenvalue weighted by molar-refractivity contribution is -0.120. The Morgan fingerprint density at radius 3 is 2.27 bits per heavy atom. The van der Waals surface area contributed by atoms with Gasteiger partial charge in [-0.15, -0.1) is 0 Å². The Kier molecular flexibility index (Phi) is 6.58. The molecule has 0 unspecified atom stereocenters. The highest BCUT2D eigenvalue weighted by atomic mass is 32.2. The van der Waals surface area contributed by atoms with Crippen LogP contribution in [0.3, 0.4) is 0 Å². The summed E-state index contributed by atoms with van der Waals surface area (Å²) in [4.78, 5) is 11.8. The molecule has 0 saturated carbocycles. The highest BCUT2D eigenvalue weighted by Gasteiger charge is 2.16. The Labute approximate surface area is 174 Å². The molecule has 8 heteroatoms. The molecule has 3 rings (SSSR count). The third-order valence-corrected chi connectivity index (χ3v) is 5.34. The van der Waals surface area contributed by atoms with Crippen LogP contribution in [0.2, 0.25) is 0 Å². The van der Waals surface area contributed by atoms with Gasteiger partial charge in [-0.2, -0.15) is 13.5 Å². The monoisotopic (exact) mass is 426 g/mol. The third-order valence-electron chi connectivity index (χ3n) is 4.08. The van der Waals surface area contributed by atoms with E-state index < -0.39 is 15.9 Å². The summed E-state index contributed by atoms with van der Waals surface area (Å²) in [5, 5.41) is 3.90. The maximum absolute atomic E-state index is 12.9. The van der Waals surface area contributed by atoms with Crippen LogP contribution in [0, 0.1) is 12.7 Å². The average molecular weight is 426 g/mol. The van der Waals surface area contributed by atoms with Gasteiger partial charge in [0.1, 0.15) is 16.5 Å². The first kappa shape index (κ1) is 21.2. The van der Waals surface area contributed by atoms with E-state index in [1.54, 1.807) is 12.1 Å². The summed E-state index contributed by atoms with van der Waals surface area (Å²) in [5.41, 5.74) is 5.09. The number of aryl methyl sites for hydroxylation is 1. The molecule has 0 bridgehead atoms. The van der Waals surface area contributed by atoms with Crippen molar-refractivity contribution in [3.8, 4) is 5.75 Å². The van der Waals surface area contributed by atoms with Gasteiger partial charge >= 0.3 is 10.1 Å². The van der Waals surface area contributed by atoms with Crippen LogP contribution in [0.1, 0.15) is 16.7 Å². The minimum absolute atomic E-state index is 0.0971. The van der Waals surface area contributed by atoms with E-state index in [0.29, 0.717) is 5.56 Å². The van der Waals surface area contributed by atoms with Gasteiger partial charge in [-0.3, -0.25) is 4.79 Å². The fourth-order valence-corrected chi connectivity index (χ4v) is 3.43. The number of hydrogen-bond donors (Lipinski definition) is 1. The van der Waals surface area contributed by atoms with Crippen LogP contribution in [0.5, 0.6) is 5.75 Å². The number of carbonyl (C=O) groups excluding carboxylic acids is 1. The normalized spacial score (nSPS) is 11.4. The Balaban J connectivity index is 1.55. The maximum Gasteiger partial charge on any atom is 0.339 e. The van der Waals surface area contributed by atoms with Gasteiger partial charge in [-0.1, -0.05) is 29.8 Å². The molecule has 0 fully saturated rings. The summed E-state index contributed by atoms with van der Waals surface area (Å²) in [6.45, 7) is 1.97. The van der Waals surface area contributed by atoms with Crippen molar-refractivity contribution in [2.24, 2.45) is 5.10 Å². The van der Waals surface area contributed by atoms with Gasteiger partial charge < -0.3 is 4.18 Å². The first-order chi connectivity index (χ1) is 14.3. The van der Waals surface area contributed by atoms with Gasteiger partial charge in [0.25, 0.3) is 0 Å². The van der Waals surface area contributed by atoms with Gasteiger partial charge in [-0.05, 0) is 66.6 Å². The summed E-state index contributed by atoms with van der Waals surface area (Å²) in [7, 11) is -4.06. The van der Waals surface area contributed by atoms with Crippen molar-refractivity contribution in [2.75, 3.05) is 0 Å². The molecule has 154 valence electrons. The highest BCUT2D eigenvalue weighted by Crippen LogP contribution is 2.19. The predicted molar refractivity (Wildman–Crippen MR) is 111 cm³/mol. The quantitative estimate of drug-likeness (QED) is 0.355. The van der Waals surface area contributed by atoms with E-state index in [-0.39, 0.29) is 23.0 Å². The highest BCUT2D eigenvalue weighted by molar-refractivity contribution is 7.87. The third kappa shape index (κ3) is 5.99. The predicted octanol–water partition coefficient (Wildman–Crippen LogP) is 3.59. The fraction of sp³-hybridized carbons (Fsp3) is 0.0909. The van der Waals surface area contributed by atoms with Crippen LogP contribution in [0.4, 0.5) is 4.39 Å². The van der Waals surface area contributed by atoms with E-state index in [9.17, 15) is 17.6 Å². The lowest BCUT2D eigenvalue weighted by Crippen LogP contribution is -2.19. The lowest BCUT2D eigenvalue weighted by atomic mass is 10.1. The number of carbonyl (C=O) groups is 1. The van der Waals surface area contributed by atoms with Crippen LogP contribution in [-0.2, 0) is 21.3 Å². The molecule has 0 aliphatic rings. The van der Waals surface area contributed by atoms with Crippen molar-refractivity contribution < 1.29 is 21.8 Å². The molecule has 0 heterocycles. The largest absolute Gasteiger partial charge is 0.379 e. The summed E-state index contributed by atoms with van der Waals surface area (Å²) < 4.78 is 42.4. The zero-order valence-corrected chi connectivity index (χ0v) is 16.9. The van der Waals surface area contributed by atoms with Crippen LogP contribution in [-0.4, -0.2) is 20.5 Å². The van der Waals surface area contributed by atoms with E-state index in [1.807, 2.05) is 31.2 Å². The smallest absolute Gasteiger partial charge is 0.339 e. The molecule has 0 aromatic heterocycles. The Hall–Kier alpha value is -3.52. The molecular formula is C22H19FN2O4S. The van der Waals surface area contributed by atoms with E-state index in [1.165, 1.54) is 18.3 Å². The number of amides is 1. The SMILES string of the molecule is Cc1ccc(CC(=O)N/N=C\c2ccc(OS(=O)(=O)c3ccc(F)cc3)cc2)cc1. The average Bonchev–Trinajstić information content (AvgIpc) is 2.71.